The number of carbonyl (C=O) groups excluding carboxylic acids is 1. The molecular weight excluding hydrogens is 323 g/mol. The van der Waals surface area contributed by atoms with E-state index in [4.69, 9.17) is 33.7 Å². The Balaban J connectivity index is 2.55. The van der Waals surface area contributed by atoms with E-state index in [1.165, 1.54) is 19.2 Å². The van der Waals surface area contributed by atoms with Crippen LogP contribution in [0, 0.1) is 11.6 Å². The molecule has 0 bridgehead atoms. The lowest BCUT2D eigenvalue weighted by Crippen LogP contribution is -2.08. The number of rotatable bonds is 3. The van der Waals surface area contributed by atoms with Crippen molar-refractivity contribution in [3.05, 3.63) is 57.1 Å². The lowest BCUT2D eigenvalue weighted by molar-refractivity contribution is 0.103. The Morgan fingerprint density at radius 1 is 1.05 bits per heavy atom. The number of hydrogen-bond acceptors (Lipinski definition) is 3. The molecule has 2 aromatic rings. The molecule has 2 rings (SSSR count). The van der Waals surface area contributed by atoms with Crippen molar-refractivity contribution >= 4 is 34.7 Å². The predicted molar refractivity (Wildman–Crippen MR) is 77.2 cm³/mol. The van der Waals surface area contributed by atoms with Gasteiger partial charge in [-0.15, -0.1) is 0 Å². The van der Waals surface area contributed by atoms with Gasteiger partial charge >= 0.3 is 0 Å². The second-order valence-electron chi connectivity index (χ2n) is 4.15. The minimum Gasteiger partial charge on any atom is -0.495 e. The summed E-state index contributed by atoms with van der Waals surface area (Å²) in [5.41, 5.74) is 5.17. The van der Waals surface area contributed by atoms with Gasteiger partial charge in [0.15, 0.2) is 17.4 Å². The normalized spacial score (nSPS) is 10.5. The van der Waals surface area contributed by atoms with Crippen molar-refractivity contribution in [1.82, 2.24) is 0 Å². The molecule has 0 radical (unpaired) electrons. The fraction of sp³-hybridized carbons (Fsp3) is 0.0714. The van der Waals surface area contributed by atoms with E-state index in [1.54, 1.807) is 0 Å². The van der Waals surface area contributed by atoms with Crippen molar-refractivity contribution in [2.24, 2.45) is 0 Å². The van der Waals surface area contributed by atoms with Crippen LogP contribution in [0.5, 0.6) is 5.75 Å². The molecule has 0 saturated carbocycles. The molecule has 3 nitrogen and oxygen atoms in total. The van der Waals surface area contributed by atoms with Gasteiger partial charge in [0, 0.05) is 28.9 Å². The van der Waals surface area contributed by atoms with Gasteiger partial charge < -0.3 is 10.5 Å². The average molecular weight is 332 g/mol. The Morgan fingerprint density at radius 3 is 2.29 bits per heavy atom. The molecule has 7 heteroatoms. The SMILES string of the molecule is COc1cc(Cl)c(C(=O)c2cc(F)c(F)cc2N)cc1Cl. The zero-order valence-corrected chi connectivity index (χ0v) is 12.2. The van der Waals surface area contributed by atoms with Crippen molar-refractivity contribution < 1.29 is 18.3 Å². The van der Waals surface area contributed by atoms with E-state index >= 15 is 0 Å². The van der Waals surface area contributed by atoms with Crippen LogP contribution in [0.1, 0.15) is 15.9 Å². The number of benzene rings is 2. The zero-order chi connectivity index (χ0) is 15.7. The molecule has 110 valence electrons. The van der Waals surface area contributed by atoms with Crippen LogP contribution in [0.3, 0.4) is 0 Å². The van der Waals surface area contributed by atoms with E-state index in [0.29, 0.717) is 0 Å². The molecule has 21 heavy (non-hydrogen) atoms. The van der Waals surface area contributed by atoms with E-state index in [9.17, 15) is 13.6 Å². The highest BCUT2D eigenvalue weighted by Gasteiger charge is 2.20. The van der Waals surface area contributed by atoms with Crippen LogP contribution in [-0.2, 0) is 0 Å². The largest absolute Gasteiger partial charge is 0.495 e. The van der Waals surface area contributed by atoms with Crippen molar-refractivity contribution in [2.75, 3.05) is 12.8 Å². The third kappa shape index (κ3) is 2.94. The summed E-state index contributed by atoms with van der Waals surface area (Å²) in [5.74, 6) is -2.69. The van der Waals surface area contributed by atoms with Crippen LogP contribution in [0.2, 0.25) is 10.0 Å². The van der Waals surface area contributed by atoms with Crippen LogP contribution in [0.25, 0.3) is 0 Å². The number of anilines is 1. The third-order valence-corrected chi connectivity index (χ3v) is 3.43. The fourth-order valence-electron chi connectivity index (χ4n) is 1.76. The molecule has 2 aromatic carbocycles. The highest BCUT2D eigenvalue weighted by molar-refractivity contribution is 6.37. The summed E-state index contributed by atoms with van der Waals surface area (Å²) in [5, 5.41) is 0.219. The van der Waals surface area contributed by atoms with Crippen LogP contribution < -0.4 is 10.5 Å². The Hall–Kier alpha value is -1.85. The van der Waals surface area contributed by atoms with E-state index < -0.39 is 17.4 Å². The monoisotopic (exact) mass is 331 g/mol. The number of nitrogens with two attached hydrogens (primary N) is 1. The maximum absolute atomic E-state index is 13.3. The number of hydrogen-bond donors (Lipinski definition) is 1. The van der Waals surface area contributed by atoms with Gasteiger partial charge in [0.1, 0.15) is 5.75 Å². The third-order valence-electron chi connectivity index (χ3n) is 2.82. The standard InChI is InChI=1S/C14H9Cl2F2NO2/c1-21-13-4-8(15)6(2-9(13)16)14(20)7-3-10(17)11(18)5-12(7)19/h2-5H,19H2,1H3. The lowest BCUT2D eigenvalue weighted by Gasteiger charge is -2.10. The van der Waals surface area contributed by atoms with Crippen molar-refractivity contribution in [1.29, 1.82) is 0 Å². The Bertz CT molecular complexity index is 735. The molecule has 2 N–H and O–H groups in total. The molecule has 0 spiro atoms. The molecule has 0 fully saturated rings. The minimum atomic E-state index is -1.18. The number of halogens is 4. The van der Waals surface area contributed by atoms with Crippen molar-refractivity contribution in [2.45, 2.75) is 0 Å². The fourth-order valence-corrected chi connectivity index (χ4v) is 2.24. The molecule has 0 heterocycles. The first kappa shape index (κ1) is 15.5. The van der Waals surface area contributed by atoms with E-state index in [0.717, 1.165) is 12.1 Å². The molecule has 0 saturated heterocycles. The van der Waals surface area contributed by atoms with Crippen LogP contribution in [0.15, 0.2) is 24.3 Å². The lowest BCUT2D eigenvalue weighted by atomic mass is 10.0. The summed E-state index contributed by atoms with van der Waals surface area (Å²) >= 11 is 11.9. The molecule has 0 aliphatic carbocycles. The van der Waals surface area contributed by atoms with E-state index in [2.05, 4.69) is 0 Å². The van der Waals surface area contributed by atoms with Gasteiger partial charge in [-0.3, -0.25) is 4.79 Å². The van der Waals surface area contributed by atoms with Gasteiger partial charge in [-0.1, -0.05) is 23.2 Å². The first-order valence-corrected chi connectivity index (χ1v) is 6.43. The predicted octanol–water partition coefficient (Wildman–Crippen LogP) is 4.09. The second kappa shape index (κ2) is 5.87. The summed E-state index contributed by atoms with van der Waals surface area (Å²) < 4.78 is 31.3. The zero-order valence-electron chi connectivity index (χ0n) is 10.7. The van der Waals surface area contributed by atoms with Crippen LogP contribution >= 0.6 is 23.2 Å². The summed E-state index contributed by atoms with van der Waals surface area (Å²) in [6, 6.07) is 4.10. The first-order valence-electron chi connectivity index (χ1n) is 5.67. The Labute approximate surface area is 129 Å². The summed E-state index contributed by atoms with van der Waals surface area (Å²) in [6.45, 7) is 0. The van der Waals surface area contributed by atoms with Crippen molar-refractivity contribution in [3.63, 3.8) is 0 Å². The molecule has 0 unspecified atom stereocenters. The number of ketones is 1. The maximum atomic E-state index is 13.3. The Morgan fingerprint density at radius 2 is 1.67 bits per heavy atom. The second-order valence-corrected chi connectivity index (χ2v) is 4.96. The quantitative estimate of drug-likeness (QED) is 0.680. The van der Waals surface area contributed by atoms with Gasteiger partial charge in [0.2, 0.25) is 0 Å². The van der Waals surface area contributed by atoms with Crippen LogP contribution in [0.4, 0.5) is 14.5 Å². The maximum Gasteiger partial charge on any atom is 0.196 e. The van der Waals surface area contributed by atoms with Gasteiger partial charge in [0.25, 0.3) is 0 Å². The average Bonchev–Trinajstić information content (AvgIpc) is 2.44. The number of nitrogen functional groups attached to an aromatic ring is 1. The smallest absolute Gasteiger partial charge is 0.196 e. The molecule has 0 aliphatic heterocycles. The highest BCUT2D eigenvalue weighted by Crippen LogP contribution is 2.33. The van der Waals surface area contributed by atoms with Gasteiger partial charge in [-0.25, -0.2) is 8.78 Å². The van der Waals surface area contributed by atoms with Gasteiger partial charge in [-0.05, 0) is 12.1 Å². The molecule has 0 amide bonds. The summed E-state index contributed by atoms with van der Waals surface area (Å²) in [4.78, 5) is 12.4. The minimum absolute atomic E-state index is 0.0141. The number of ether oxygens (including phenoxy) is 1. The van der Waals surface area contributed by atoms with E-state index in [-0.39, 0.29) is 32.6 Å². The highest BCUT2D eigenvalue weighted by atomic mass is 35.5. The Kier molecular flexibility index (Phi) is 4.34. The first-order chi connectivity index (χ1) is 9.85. The van der Waals surface area contributed by atoms with Gasteiger partial charge in [0.05, 0.1) is 17.2 Å². The molecule has 0 aliphatic rings. The summed E-state index contributed by atoms with van der Waals surface area (Å²) in [7, 11) is 1.40. The number of carbonyl (C=O) groups is 1. The van der Waals surface area contributed by atoms with E-state index in [1.807, 2.05) is 0 Å². The van der Waals surface area contributed by atoms with Crippen LogP contribution in [-0.4, -0.2) is 12.9 Å². The number of methoxy groups -OCH3 is 1. The van der Waals surface area contributed by atoms with Gasteiger partial charge in [-0.2, -0.15) is 0 Å². The molecule has 0 aromatic heterocycles. The van der Waals surface area contributed by atoms with Crippen molar-refractivity contribution in [3.8, 4) is 5.75 Å². The topological polar surface area (TPSA) is 52.3 Å². The molecule has 0 atom stereocenters. The molecular formula is C14H9Cl2F2NO2. The summed E-state index contributed by atoms with van der Waals surface area (Å²) in [6.07, 6.45) is 0.